The highest BCUT2D eigenvalue weighted by Gasteiger charge is 2.23. The van der Waals surface area contributed by atoms with Gasteiger partial charge in [0.1, 0.15) is 47.5 Å². The van der Waals surface area contributed by atoms with Gasteiger partial charge < -0.3 is 31.2 Å². The van der Waals surface area contributed by atoms with Crippen molar-refractivity contribution in [2.24, 2.45) is 17.6 Å². The van der Waals surface area contributed by atoms with Crippen molar-refractivity contribution in [2.45, 2.75) is 76.7 Å². The third-order valence-electron chi connectivity index (χ3n) is 10.5. The summed E-state index contributed by atoms with van der Waals surface area (Å²) in [4.78, 5) is 50.8. The summed E-state index contributed by atoms with van der Waals surface area (Å²) in [7, 11) is 0. The molecule has 5 N–H and O–H groups in total. The first-order valence-electron chi connectivity index (χ1n) is 20.3. The lowest BCUT2D eigenvalue weighted by atomic mass is 9.86. The summed E-state index contributed by atoms with van der Waals surface area (Å²) in [6, 6.07) is 11.2. The van der Waals surface area contributed by atoms with E-state index in [0.29, 0.717) is 63.8 Å². The lowest BCUT2D eigenvalue weighted by Crippen LogP contribution is -2.29. The second-order valence-electron chi connectivity index (χ2n) is 14.9. The van der Waals surface area contributed by atoms with Gasteiger partial charge in [0.25, 0.3) is 0 Å². The van der Waals surface area contributed by atoms with E-state index < -0.39 is 23.1 Å². The Kier molecular flexibility index (Phi) is 16.9. The molecule has 6 heterocycles. The van der Waals surface area contributed by atoms with Crippen molar-refractivity contribution in [3.63, 3.8) is 0 Å². The number of nitrogens with one attached hydrogen (secondary N) is 3. The van der Waals surface area contributed by atoms with Gasteiger partial charge >= 0.3 is 24.6 Å². The van der Waals surface area contributed by atoms with Gasteiger partial charge in [-0.1, -0.05) is 0 Å². The minimum atomic E-state index is -2.97. The second kappa shape index (κ2) is 23.1. The van der Waals surface area contributed by atoms with Crippen LogP contribution in [0.25, 0.3) is 21.8 Å². The van der Waals surface area contributed by atoms with E-state index in [2.05, 4.69) is 65.3 Å². The number of hydrogen-bond donors (Lipinski definition) is 4. The topological polar surface area (TPSA) is 270 Å². The predicted octanol–water partition coefficient (Wildman–Crippen LogP) is 8.21. The molecule has 2 fully saturated rings. The largest absolute Gasteiger partial charge is 0.415 e. The molecule has 25 heteroatoms. The van der Waals surface area contributed by atoms with E-state index in [1.165, 1.54) is 24.8 Å². The van der Waals surface area contributed by atoms with Crippen LogP contribution < -0.4 is 31.2 Å². The molecule has 0 atom stereocenters. The Balaban J connectivity index is 0.000000184. The van der Waals surface area contributed by atoms with Crippen LogP contribution >= 0.6 is 11.6 Å². The molecule has 0 spiro atoms. The standard InChI is InChI=1S/C20H21F2N7O3.C16H20F2N4O.C4H2ClN3O2/c21-19(22)32-18-17-13(7-8-23-18)3-6-16(28-17)27-14-4-1-12(2-5-14)9-24-20-25-10-15(11-26-20)29(30)31;17-16(18)23-15-14-11(7-8-20-15)3-6-13(22-14)21-12-4-1-10(9-19)2-5-12;5-4-6-1-3(2-7-4)8(9)10/h3,6-8,10-12,14,19H,1-2,4-5,9H2,(H,27,28)(H,24,25,26);3,6-8,10,12,16H,1-2,4-5,9,19H2,(H,21,22);1-2H. The average molecular weight is 927 g/mol. The number of anilines is 3. The molecule has 8 rings (SSSR count). The highest BCUT2D eigenvalue weighted by Crippen LogP contribution is 2.30. The molecule has 0 aliphatic heterocycles. The Labute approximate surface area is 372 Å². The molecule has 344 valence electrons. The number of nitrogens with two attached hydrogens (primary N) is 1. The Morgan fingerprint density at radius 3 is 1.49 bits per heavy atom. The SMILES string of the molecule is NCC1CCC(Nc2ccc3ccnc(OC(F)F)c3n2)CC1.O=[N+]([O-])c1cnc(Cl)nc1.O=[N+]([O-])c1cnc(NCC2CCC(Nc3ccc4ccnc(OC(F)F)c4n3)CC2)nc1. The first-order valence-corrected chi connectivity index (χ1v) is 20.7. The molecule has 0 bridgehead atoms. The van der Waals surface area contributed by atoms with Crippen molar-refractivity contribution in [3.05, 3.63) is 99.1 Å². The molecular weight excluding hydrogens is 884 g/mol. The van der Waals surface area contributed by atoms with Crippen LogP contribution in [-0.2, 0) is 0 Å². The Morgan fingerprint density at radius 1 is 0.646 bits per heavy atom. The van der Waals surface area contributed by atoms with Crippen LogP contribution in [0.4, 0.5) is 46.5 Å². The number of nitrogens with zero attached hydrogens (tertiary/aromatic N) is 10. The number of nitro groups is 2. The Morgan fingerprint density at radius 2 is 1.08 bits per heavy atom. The molecule has 2 aliphatic carbocycles. The van der Waals surface area contributed by atoms with Crippen molar-refractivity contribution in [3.8, 4) is 11.8 Å². The van der Waals surface area contributed by atoms with Gasteiger partial charge in [0.05, 0.1) is 9.85 Å². The average Bonchev–Trinajstić information content (AvgIpc) is 3.30. The van der Waals surface area contributed by atoms with Crippen LogP contribution in [0.1, 0.15) is 51.4 Å². The van der Waals surface area contributed by atoms with E-state index in [0.717, 1.165) is 70.3 Å². The van der Waals surface area contributed by atoms with Gasteiger partial charge in [-0.2, -0.15) is 17.6 Å². The molecule has 6 aromatic heterocycles. The van der Waals surface area contributed by atoms with Crippen LogP contribution in [0.15, 0.2) is 73.6 Å². The summed E-state index contributed by atoms with van der Waals surface area (Å²) < 4.78 is 59.2. The smallest absolute Gasteiger partial charge is 0.388 e. The number of ether oxygens (including phenoxy) is 2. The first kappa shape index (κ1) is 47.5. The maximum atomic E-state index is 12.6. The third-order valence-corrected chi connectivity index (χ3v) is 10.7. The van der Waals surface area contributed by atoms with E-state index >= 15 is 0 Å². The van der Waals surface area contributed by atoms with Gasteiger partial charge in [-0.15, -0.1) is 0 Å². The molecule has 2 saturated carbocycles. The molecule has 0 unspecified atom stereocenters. The number of aromatic nitrogens is 8. The maximum absolute atomic E-state index is 12.6. The van der Waals surface area contributed by atoms with Crippen molar-refractivity contribution in [1.29, 1.82) is 0 Å². The molecular formula is C40H43ClF4N14O6. The Hall–Kier alpha value is -6.95. The zero-order valence-electron chi connectivity index (χ0n) is 34.4. The number of halogens is 5. The van der Waals surface area contributed by atoms with Gasteiger partial charge in [-0.25, -0.2) is 39.9 Å². The van der Waals surface area contributed by atoms with Crippen molar-refractivity contribution >= 4 is 62.4 Å². The summed E-state index contributed by atoms with van der Waals surface area (Å²) in [5.41, 5.74) is 6.03. The fraction of sp³-hybridized carbons (Fsp3) is 0.400. The summed E-state index contributed by atoms with van der Waals surface area (Å²) in [6.07, 6.45) is 15.3. The van der Waals surface area contributed by atoms with Crippen LogP contribution in [0.3, 0.4) is 0 Å². The van der Waals surface area contributed by atoms with Gasteiger partial charge in [-0.05, 0) is 118 Å². The molecule has 0 aromatic carbocycles. The van der Waals surface area contributed by atoms with Gasteiger partial charge in [0.15, 0.2) is 0 Å². The molecule has 6 aromatic rings. The molecule has 0 amide bonds. The van der Waals surface area contributed by atoms with E-state index in [4.69, 9.17) is 17.3 Å². The van der Waals surface area contributed by atoms with Gasteiger partial charge in [0.2, 0.25) is 23.0 Å². The van der Waals surface area contributed by atoms with Gasteiger partial charge in [-0.3, -0.25) is 20.2 Å². The molecule has 0 radical (unpaired) electrons. The summed E-state index contributed by atoms with van der Waals surface area (Å²) in [5, 5.41) is 31.9. The zero-order valence-corrected chi connectivity index (χ0v) is 35.1. The fourth-order valence-electron chi connectivity index (χ4n) is 7.16. The number of pyridine rings is 4. The fourth-order valence-corrected chi connectivity index (χ4v) is 7.26. The summed E-state index contributed by atoms with van der Waals surface area (Å²) in [5.74, 6) is 2.30. The Bertz CT molecular complexity index is 2490. The summed E-state index contributed by atoms with van der Waals surface area (Å²) in [6.45, 7) is -4.47. The molecule has 0 saturated heterocycles. The molecule has 20 nitrogen and oxygen atoms in total. The van der Waals surface area contributed by atoms with Crippen LogP contribution in [-0.4, -0.2) is 88.1 Å². The second-order valence-corrected chi connectivity index (χ2v) is 15.2. The highest BCUT2D eigenvalue weighted by molar-refractivity contribution is 6.28. The van der Waals surface area contributed by atoms with E-state index in [9.17, 15) is 37.8 Å². The number of hydrogen-bond acceptors (Lipinski definition) is 18. The zero-order chi connectivity index (χ0) is 46.3. The third kappa shape index (κ3) is 14.3. The lowest BCUT2D eigenvalue weighted by molar-refractivity contribution is -0.385. The van der Waals surface area contributed by atoms with E-state index in [-0.39, 0.29) is 34.5 Å². The minimum absolute atomic E-state index is 0.00519. The lowest BCUT2D eigenvalue weighted by Gasteiger charge is -2.29. The predicted molar refractivity (Wildman–Crippen MR) is 231 cm³/mol. The monoisotopic (exact) mass is 926 g/mol. The number of rotatable bonds is 14. The van der Waals surface area contributed by atoms with Crippen LogP contribution in [0.2, 0.25) is 5.28 Å². The molecule has 65 heavy (non-hydrogen) atoms. The minimum Gasteiger partial charge on any atom is -0.415 e. The number of fused-ring (bicyclic) bond motifs is 2. The van der Waals surface area contributed by atoms with Crippen molar-refractivity contribution < 1.29 is 36.9 Å². The van der Waals surface area contributed by atoms with E-state index in [1.54, 1.807) is 18.2 Å². The van der Waals surface area contributed by atoms with Crippen molar-refractivity contribution in [2.75, 3.05) is 29.0 Å². The highest BCUT2D eigenvalue weighted by atomic mass is 35.5. The summed E-state index contributed by atoms with van der Waals surface area (Å²) >= 11 is 5.27. The quantitative estimate of drug-likeness (QED) is 0.0347. The van der Waals surface area contributed by atoms with Gasteiger partial charge in [0, 0.05) is 41.8 Å². The molecule has 2 aliphatic rings. The maximum Gasteiger partial charge on any atom is 0.388 e. The van der Waals surface area contributed by atoms with E-state index in [1.807, 2.05) is 18.2 Å². The van der Waals surface area contributed by atoms with Crippen molar-refractivity contribution in [1.82, 2.24) is 39.9 Å². The first-order chi connectivity index (χ1) is 31.3. The number of alkyl halides is 4. The van der Waals surface area contributed by atoms with Crippen LogP contribution in [0.5, 0.6) is 11.8 Å². The normalized spacial score (nSPS) is 18.2. The van der Waals surface area contributed by atoms with Crippen LogP contribution in [0, 0.1) is 32.1 Å².